The molecule has 2 heterocycles. The van der Waals surface area contributed by atoms with Gasteiger partial charge in [-0.1, -0.05) is 47.7 Å². The lowest BCUT2D eigenvalue weighted by Crippen LogP contribution is -2.12. The van der Waals surface area contributed by atoms with Crippen LogP contribution in [0.15, 0.2) is 42.5 Å². The van der Waals surface area contributed by atoms with Gasteiger partial charge >= 0.3 is 0 Å². The van der Waals surface area contributed by atoms with Crippen molar-refractivity contribution in [2.45, 2.75) is 18.9 Å². The van der Waals surface area contributed by atoms with Gasteiger partial charge in [-0.15, -0.1) is 10.2 Å². The minimum atomic E-state index is -0.170. The number of carbonyl (C=O) groups excluding carboxylic acids is 1. The Morgan fingerprint density at radius 2 is 2.04 bits per heavy atom. The van der Waals surface area contributed by atoms with Crippen molar-refractivity contribution in [2.75, 3.05) is 11.9 Å². The quantitative estimate of drug-likeness (QED) is 0.795. The lowest BCUT2D eigenvalue weighted by Gasteiger charge is -2.05. The Morgan fingerprint density at radius 1 is 1.17 bits per heavy atom. The van der Waals surface area contributed by atoms with Gasteiger partial charge in [0.1, 0.15) is 11.1 Å². The molecule has 23 heavy (non-hydrogen) atoms. The minimum Gasteiger partial charge on any atom is -0.371 e. The minimum absolute atomic E-state index is 0.0238. The molecule has 4 rings (SSSR count). The molecule has 116 valence electrons. The summed E-state index contributed by atoms with van der Waals surface area (Å²) in [5.41, 5.74) is 0.636. The number of nitrogens with one attached hydrogen (secondary N) is 1. The maximum atomic E-state index is 12.6. The van der Waals surface area contributed by atoms with Gasteiger partial charge in [0.15, 0.2) is 0 Å². The standard InChI is InChI=1S/C17H15N3O2S/c21-15(13-8-3-6-11-5-1-2-7-12(11)13)18-17-20-19-16(23-17)14-9-4-10-22-14/h1-3,5-8,14H,4,9-10H2,(H,18,20,21). The molecule has 1 aliphatic rings. The average Bonchev–Trinajstić information content (AvgIpc) is 3.25. The summed E-state index contributed by atoms with van der Waals surface area (Å²) in [5, 5.41) is 14.3. The molecule has 0 spiro atoms. The van der Waals surface area contributed by atoms with Crippen LogP contribution in [0.2, 0.25) is 0 Å². The number of amides is 1. The first-order chi connectivity index (χ1) is 11.3. The van der Waals surface area contributed by atoms with Crippen LogP contribution in [0.25, 0.3) is 10.8 Å². The van der Waals surface area contributed by atoms with Gasteiger partial charge in [0.05, 0.1) is 0 Å². The zero-order valence-corrected chi connectivity index (χ0v) is 13.2. The predicted molar refractivity (Wildman–Crippen MR) is 89.7 cm³/mol. The van der Waals surface area contributed by atoms with E-state index in [2.05, 4.69) is 15.5 Å². The van der Waals surface area contributed by atoms with Crippen LogP contribution in [-0.2, 0) is 4.74 Å². The van der Waals surface area contributed by atoms with Gasteiger partial charge in [-0.2, -0.15) is 0 Å². The molecular formula is C17H15N3O2S. The van der Waals surface area contributed by atoms with E-state index in [1.54, 1.807) is 0 Å². The highest BCUT2D eigenvalue weighted by Gasteiger charge is 2.22. The molecular weight excluding hydrogens is 310 g/mol. The van der Waals surface area contributed by atoms with Gasteiger partial charge in [-0.25, -0.2) is 0 Å². The molecule has 3 aromatic rings. The summed E-state index contributed by atoms with van der Waals surface area (Å²) in [6.45, 7) is 0.766. The Kier molecular flexibility index (Phi) is 3.77. The summed E-state index contributed by atoms with van der Waals surface area (Å²) >= 11 is 1.38. The molecule has 0 bridgehead atoms. The van der Waals surface area contributed by atoms with Crippen molar-refractivity contribution < 1.29 is 9.53 Å². The van der Waals surface area contributed by atoms with Crippen LogP contribution in [-0.4, -0.2) is 22.7 Å². The van der Waals surface area contributed by atoms with E-state index in [9.17, 15) is 4.79 Å². The molecule has 1 aromatic heterocycles. The van der Waals surface area contributed by atoms with Crippen molar-refractivity contribution >= 4 is 33.1 Å². The highest BCUT2D eigenvalue weighted by atomic mass is 32.1. The second kappa shape index (κ2) is 6.06. The second-order valence-electron chi connectivity index (χ2n) is 5.43. The third kappa shape index (κ3) is 2.83. The number of nitrogens with zero attached hydrogens (tertiary/aromatic N) is 2. The van der Waals surface area contributed by atoms with Crippen LogP contribution in [0.4, 0.5) is 5.13 Å². The maximum Gasteiger partial charge on any atom is 0.258 e. The topological polar surface area (TPSA) is 64.1 Å². The maximum absolute atomic E-state index is 12.6. The third-order valence-corrected chi connectivity index (χ3v) is 4.83. The van der Waals surface area contributed by atoms with E-state index in [1.807, 2.05) is 42.5 Å². The zero-order chi connectivity index (χ0) is 15.6. The smallest absolute Gasteiger partial charge is 0.258 e. The lowest BCUT2D eigenvalue weighted by atomic mass is 10.0. The van der Waals surface area contributed by atoms with Crippen molar-refractivity contribution in [3.05, 3.63) is 53.0 Å². The normalized spacial score (nSPS) is 17.5. The van der Waals surface area contributed by atoms with Gasteiger partial charge in [-0.05, 0) is 29.7 Å². The van der Waals surface area contributed by atoms with Crippen molar-refractivity contribution in [3.8, 4) is 0 Å². The molecule has 0 saturated carbocycles. The number of fused-ring (bicyclic) bond motifs is 1. The average molecular weight is 325 g/mol. The number of benzene rings is 2. The van der Waals surface area contributed by atoms with E-state index in [0.717, 1.165) is 35.2 Å². The van der Waals surface area contributed by atoms with Crippen LogP contribution < -0.4 is 5.32 Å². The molecule has 5 nitrogen and oxygen atoms in total. The number of hydrogen-bond acceptors (Lipinski definition) is 5. The van der Waals surface area contributed by atoms with Crippen LogP contribution in [0.1, 0.15) is 34.3 Å². The number of hydrogen-bond donors (Lipinski definition) is 1. The van der Waals surface area contributed by atoms with Crippen LogP contribution in [0.5, 0.6) is 0 Å². The lowest BCUT2D eigenvalue weighted by molar-refractivity contribution is 0.102. The van der Waals surface area contributed by atoms with Gasteiger partial charge < -0.3 is 4.74 Å². The van der Waals surface area contributed by atoms with Gasteiger partial charge in [-0.3, -0.25) is 10.1 Å². The number of anilines is 1. The summed E-state index contributed by atoms with van der Waals surface area (Å²) < 4.78 is 5.59. The van der Waals surface area contributed by atoms with Crippen molar-refractivity contribution in [2.24, 2.45) is 0 Å². The summed E-state index contributed by atoms with van der Waals surface area (Å²) in [5.74, 6) is -0.170. The van der Waals surface area contributed by atoms with E-state index < -0.39 is 0 Å². The van der Waals surface area contributed by atoms with E-state index in [0.29, 0.717) is 10.7 Å². The molecule has 1 N–H and O–H groups in total. The summed E-state index contributed by atoms with van der Waals surface area (Å²) in [6, 6.07) is 13.5. The summed E-state index contributed by atoms with van der Waals surface area (Å²) in [7, 11) is 0. The molecule has 1 amide bonds. The Bertz CT molecular complexity index is 850. The fraction of sp³-hybridized carbons (Fsp3) is 0.235. The van der Waals surface area contributed by atoms with Gasteiger partial charge in [0.2, 0.25) is 5.13 Å². The van der Waals surface area contributed by atoms with Crippen LogP contribution in [0.3, 0.4) is 0 Å². The van der Waals surface area contributed by atoms with Gasteiger partial charge in [0, 0.05) is 12.2 Å². The first-order valence-corrected chi connectivity index (χ1v) is 8.37. The predicted octanol–water partition coefficient (Wildman–Crippen LogP) is 3.80. The molecule has 2 aromatic carbocycles. The van der Waals surface area contributed by atoms with Crippen molar-refractivity contribution in [1.82, 2.24) is 10.2 Å². The van der Waals surface area contributed by atoms with E-state index >= 15 is 0 Å². The summed E-state index contributed by atoms with van der Waals surface area (Å²) in [4.78, 5) is 12.6. The third-order valence-electron chi connectivity index (χ3n) is 3.90. The Balaban J connectivity index is 1.57. The first kappa shape index (κ1) is 14.3. The van der Waals surface area contributed by atoms with E-state index in [4.69, 9.17) is 4.74 Å². The highest BCUT2D eigenvalue weighted by molar-refractivity contribution is 7.15. The largest absolute Gasteiger partial charge is 0.371 e. The Labute approximate surface area is 137 Å². The SMILES string of the molecule is O=C(Nc1nnc(C2CCCO2)s1)c1cccc2ccccc12. The Hall–Kier alpha value is -2.31. The number of carbonyl (C=O) groups is 1. The second-order valence-corrected chi connectivity index (χ2v) is 6.44. The highest BCUT2D eigenvalue weighted by Crippen LogP contribution is 2.32. The molecule has 6 heteroatoms. The monoisotopic (exact) mass is 325 g/mol. The Morgan fingerprint density at radius 3 is 2.91 bits per heavy atom. The zero-order valence-electron chi connectivity index (χ0n) is 12.4. The number of aromatic nitrogens is 2. The fourth-order valence-corrected chi connectivity index (χ4v) is 3.60. The molecule has 1 unspecified atom stereocenters. The van der Waals surface area contributed by atoms with Gasteiger partial charge in [0.25, 0.3) is 5.91 Å². The molecule has 0 aliphatic carbocycles. The molecule has 1 saturated heterocycles. The van der Waals surface area contributed by atoms with E-state index in [-0.39, 0.29) is 12.0 Å². The molecule has 0 radical (unpaired) electrons. The van der Waals surface area contributed by atoms with Crippen molar-refractivity contribution in [3.63, 3.8) is 0 Å². The fourth-order valence-electron chi connectivity index (χ4n) is 2.78. The molecule has 1 atom stereocenters. The first-order valence-electron chi connectivity index (χ1n) is 7.55. The van der Waals surface area contributed by atoms with Crippen LogP contribution >= 0.6 is 11.3 Å². The summed E-state index contributed by atoms with van der Waals surface area (Å²) in [6.07, 6.45) is 2.03. The molecule has 1 fully saturated rings. The van der Waals surface area contributed by atoms with Crippen molar-refractivity contribution in [1.29, 1.82) is 0 Å². The molecule has 1 aliphatic heterocycles. The van der Waals surface area contributed by atoms with Crippen LogP contribution in [0, 0.1) is 0 Å². The van der Waals surface area contributed by atoms with E-state index in [1.165, 1.54) is 11.3 Å². The number of rotatable bonds is 3. The number of ether oxygens (including phenoxy) is 1.